The zero-order chi connectivity index (χ0) is 12.3. The van der Waals surface area contributed by atoms with Crippen LogP contribution in [-0.4, -0.2) is 0 Å². The molecule has 2 nitrogen and oxygen atoms in total. The molecular weight excluding hydrogens is 222 g/mol. The summed E-state index contributed by atoms with van der Waals surface area (Å²) in [6.07, 6.45) is 0. The number of rotatable bonds is 3. The summed E-state index contributed by atoms with van der Waals surface area (Å²) in [5.74, 6) is -1.11. The third-order valence-electron chi connectivity index (χ3n) is 2.42. The number of anilines is 2. The molecule has 0 heterocycles. The molecule has 3 N–H and O–H groups in total. The van der Waals surface area contributed by atoms with Gasteiger partial charge in [0.2, 0.25) is 0 Å². The summed E-state index contributed by atoms with van der Waals surface area (Å²) in [5.41, 5.74) is 6.95. The second-order valence-corrected chi connectivity index (χ2v) is 3.68. The maximum Gasteiger partial charge on any atom is 0.131 e. The van der Waals surface area contributed by atoms with Gasteiger partial charge in [-0.25, -0.2) is 8.78 Å². The summed E-state index contributed by atoms with van der Waals surface area (Å²) in [6.45, 7) is 0.0853. The fraction of sp³-hybridized carbons (Fsp3) is 0.0769. The van der Waals surface area contributed by atoms with Crippen LogP contribution in [0.4, 0.5) is 20.2 Å². The van der Waals surface area contributed by atoms with E-state index in [0.717, 1.165) is 5.69 Å². The summed E-state index contributed by atoms with van der Waals surface area (Å²) in [7, 11) is 0. The second-order valence-electron chi connectivity index (χ2n) is 3.68. The Morgan fingerprint density at radius 2 is 1.65 bits per heavy atom. The first kappa shape index (κ1) is 11.4. The molecule has 2 rings (SSSR count). The average molecular weight is 234 g/mol. The molecule has 2 aromatic carbocycles. The van der Waals surface area contributed by atoms with Crippen molar-refractivity contribution in [3.8, 4) is 0 Å². The van der Waals surface area contributed by atoms with E-state index < -0.39 is 11.6 Å². The smallest absolute Gasteiger partial charge is 0.131 e. The minimum absolute atomic E-state index is 0.0231. The van der Waals surface area contributed by atoms with Crippen LogP contribution in [0.2, 0.25) is 0 Å². The fourth-order valence-corrected chi connectivity index (χ4v) is 1.54. The molecule has 0 fully saturated rings. The molecule has 0 atom stereocenters. The highest BCUT2D eigenvalue weighted by molar-refractivity contribution is 5.54. The van der Waals surface area contributed by atoms with E-state index >= 15 is 0 Å². The van der Waals surface area contributed by atoms with Gasteiger partial charge in [-0.3, -0.25) is 0 Å². The average Bonchev–Trinajstić information content (AvgIpc) is 2.28. The molecule has 0 saturated heterocycles. The lowest BCUT2D eigenvalue weighted by Gasteiger charge is -2.08. The molecule has 0 radical (unpaired) electrons. The molecule has 0 aliphatic rings. The van der Waals surface area contributed by atoms with Gasteiger partial charge in [-0.05, 0) is 30.3 Å². The van der Waals surface area contributed by atoms with E-state index in [1.807, 2.05) is 0 Å². The molecule has 88 valence electrons. The van der Waals surface area contributed by atoms with E-state index in [2.05, 4.69) is 5.32 Å². The van der Waals surface area contributed by atoms with E-state index in [-0.39, 0.29) is 12.1 Å². The van der Waals surface area contributed by atoms with Gasteiger partial charge in [0, 0.05) is 23.5 Å². The zero-order valence-corrected chi connectivity index (χ0v) is 9.08. The van der Waals surface area contributed by atoms with Crippen molar-refractivity contribution >= 4 is 11.4 Å². The van der Waals surface area contributed by atoms with Gasteiger partial charge in [-0.2, -0.15) is 0 Å². The molecule has 2 aromatic rings. The highest BCUT2D eigenvalue weighted by Gasteiger charge is 2.07. The molecule has 0 spiro atoms. The molecule has 0 aliphatic heterocycles. The molecule has 0 saturated carbocycles. The standard InChI is InChI=1S/C13H12F2N2/c14-12-5-2-6-13(15)11(12)8-17-10-4-1-3-9(16)7-10/h1-7,17H,8,16H2. The van der Waals surface area contributed by atoms with E-state index in [1.54, 1.807) is 24.3 Å². The van der Waals surface area contributed by atoms with Crippen LogP contribution in [0.25, 0.3) is 0 Å². The van der Waals surface area contributed by atoms with Crippen molar-refractivity contribution < 1.29 is 8.78 Å². The van der Waals surface area contributed by atoms with Crippen LogP contribution in [0.1, 0.15) is 5.56 Å². The minimum atomic E-state index is -0.554. The Hall–Kier alpha value is -2.10. The Kier molecular flexibility index (Phi) is 3.23. The maximum atomic E-state index is 13.3. The van der Waals surface area contributed by atoms with Crippen LogP contribution >= 0.6 is 0 Å². The molecule has 17 heavy (non-hydrogen) atoms. The Morgan fingerprint density at radius 3 is 2.29 bits per heavy atom. The molecule has 0 aromatic heterocycles. The van der Waals surface area contributed by atoms with E-state index in [9.17, 15) is 8.78 Å². The van der Waals surface area contributed by atoms with Crippen LogP contribution in [0.15, 0.2) is 42.5 Å². The third-order valence-corrected chi connectivity index (χ3v) is 2.42. The maximum absolute atomic E-state index is 13.3. The summed E-state index contributed by atoms with van der Waals surface area (Å²) in [4.78, 5) is 0. The number of nitrogens with one attached hydrogen (secondary N) is 1. The predicted octanol–water partition coefficient (Wildman–Crippen LogP) is 3.16. The van der Waals surface area contributed by atoms with Gasteiger partial charge in [-0.1, -0.05) is 12.1 Å². The second kappa shape index (κ2) is 4.82. The highest BCUT2D eigenvalue weighted by Crippen LogP contribution is 2.16. The summed E-state index contributed by atoms with van der Waals surface area (Å²) < 4.78 is 26.7. The number of hydrogen-bond acceptors (Lipinski definition) is 2. The molecule has 0 unspecified atom stereocenters. The SMILES string of the molecule is Nc1cccc(NCc2c(F)cccc2F)c1. The van der Waals surface area contributed by atoms with E-state index in [4.69, 9.17) is 5.73 Å². The number of nitrogens with two attached hydrogens (primary N) is 1. The fourth-order valence-electron chi connectivity index (χ4n) is 1.54. The van der Waals surface area contributed by atoms with Gasteiger partial charge in [0.15, 0.2) is 0 Å². The van der Waals surface area contributed by atoms with Crippen LogP contribution in [0.3, 0.4) is 0 Å². The molecule has 0 bridgehead atoms. The van der Waals surface area contributed by atoms with Crippen molar-refractivity contribution in [1.82, 2.24) is 0 Å². The monoisotopic (exact) mass is 234 g/mol. The zero-order valence-electron chi connectivity index (χ0n) is 9.08. The van der Waals surface area contributed by atoms with E-state index in [0.29, 0.717) is 5.69 Å². The Labute approximate surface area is 98.1 Å². The van der Waals surface area contributed by atoms with Gasteiger partial charge in [0.1, 0.15) is 11.6 Å². The molecule has 0 aliphatic carbocycles. The first-order valence-corrected chi connectivity index (χ1v) is 5.19. The van der Waals surface area contributed by atoms with Gasteiger partial charge in [0.25, 0.3) is 0 Å². The molecule has 0 amide bonds. The Morgan fingerprint density at radius 1 is 1.00 bits per heavy atom. The van der Waals surface area contributed by atoms with Crippen LogP contribution in [0, 0.1) is 11.6 Å². The lowest BCUT2D eigenvalue weighted by atomic mass is 10.2. The van der Waals surface area contributed by atoms with Crippen LogP contribution in [-0.2, 0) is 6.54 Å². The van der Waals surface area contributed by atoms with Crippen molar-refractivity contribution in [3.05, 3.63) is 59.7 Å². The van der Waals surface area contributed by atoms with Crippen molar-refractivity contribution in [2.24, 2.45) is 0 Å². The van der Waals surface area contributed by atoms with E-state index in [1.165, 1.54) is 18.2 Å². The first-order chi connectivity index (χ1) is 8.16. The number of benzene rings is 2. The van der Waals surface area contributed by atoms with Gasteiger partial charge < -0.3 is 11.1 Å². The minimum Gasteiger partial charge on any atom is -0.399 e. The normalized spacial score (nSPS) is 10.2. The van der Waals surface area contributed by atoms with Crippen molar-refractivity contribution in [1.29, 1.82) is 0 Å². The first-order valence-electron chi connectivity index (χ1n) is 5.19. The Bertz CT molecular complexity index is 506. The van der Waals surface area contributed by atoms with Crippen LogP contribution < -0.4 is 11.1 Å². The number of nitrogen functional groups attached to an aromatic ring is 1. The summed E-state index contributed by atoms with van der Waals surface area (Å²) in [6, 6.07) is 10.8. The number of hydrogen-bond donors (Lipinski definition) is 2. The number of halogens is 2. The lowest BCUT2D eigenvalue weighted by molar-refractivity contribution is 0.560. The predicted molar refractivity (Wildman–Crippen MR) is 64.5 cm³/mol. The van der Waals surface area contributed by atoms with Crippen molar-refractivity contribution in [2.45, 2.75) is 6.54 Å². The summed E-state index contributed by atoms with van der Waals surface area (Å²) >= 11 is 0. The largest absolute Gasteiger partial charge is 0.399 e. The Balaban J connectivity index is 2.13. The van der Waals surface area contributed by atoms with Crippen LogP contribution in [0.5, 0.6) is 0 Å². The quantitative estimate of drug-likeness (QED) is 0.800. The third kappa shape index (κ3) is 2.72. The molecular formula is C13H12F2N2. The highest BCUT2D eigenvalue weighted by atomic mass is 19.1. The van der Waals surface area contributed by atoms with Crippen molar-refractivity contribution in [3.63, 3.8) is 0 Å². The van der Waals surface area contributed by atoms with Crippen molar-refractivity contribution in [2.75, 3.05) is 11.1 Å². The summed E-state index contributed by atoms with van der Waals surface area (Å²) in [5, 5.41) is 2.92. The lowest BCUT2D eigenvalue weighted by Crippen LogP contribution is -2.04. The van der Waals surface area contributed by atoms with Gasteiger partial charge in [0.05, 0.1) is 0 Å². The topological polar surface area (TPSA) is 38.0 Å². The van der Waals surface area contributed by atoms with Gasteiger partial charge >= 0.3 is 0 Å². The van der Waals surface area contributed by atoms with Gasteiger partial charge in [-0.15, -0.1) is 0 Å². The molecule has 4 heteroatoms.